The first-order chi connectivity index (χ1) is 9.33. The van der Waals surface area contributed by atoms with E-state index in [-0.39, 0.29) is 5.82 Å². The van der Waals surface area contributed by atoms with Crippen LogP contribution in [0.2, 0.25) is 0 Å². The predicted molar refractivity (Wildman–Crippen MR) is 71.4 cm³/mol. The van der Waals surface area contributed by atoms with Crippen molar-refractivity contribution in [2.75, 3.05) is 11.1 Å². The maximum absolute atomic E-state index is 5.62. The fourth-order valence-corrected chi connectivity index (χ4v) is 2.21. The SMILES string of the molecule is Nc1nonc1-c1csc(NCc2cccnc2)n1. The van der Waals surface area contributed by atoms with Crippen molar-refractivity contribution < 1.29 is 4.63 Å². The van der Waals surface area contributed by atoms with Crippen LogP contribution in [-0.2, 0) is 6.54 Å². The maximum atomic E-state index is 5.62. The molecule has 3 N–H and O–H groups in total. The van der Waals surface area contributed by atoms with Gasteiger partial charge in [0.1, 0.15) is 5.69 Å². The summed E-state index contributed by atoms with van der Waals surface area (Å²) in [5.41, 5.74) is 7.81. The summed E-state index contributed by atoms with van der Waals surface area (Å²) >= 11 is 1.47. The van der Waals surface area contributed by atoms with Gasteiger partial charge in [0.25, 0.3) is 0 Å². The second-order valence-corrected chi connectivity index (χ2v) is 4.61. The molecular weight excluding hydrogens is 264 g/mol. The van der Waals surface area contributed by atoms with E-state index in [4.69, 9.17) is 5.73 Å². The van der Waals surface area contributed by atoms with Crippen LogP contribution in [0.1, 0.15) is 5.56 Å². The Morgan fingerprint density at radius 1 is 1.37 bits per heavy atom. The molecule has 0 saturated heterocycles. The highest BCUT2D eigenvalue weighted by Crippen LogP contribution is 2.26. The summed E-state index contributed by atoms with van der Waals surface area (Å²) in [5, 5.41) is 13.1. The molecule has 3 rings (SSSR count). The van der Waals surface area contributed by atoms with E-state index in [1.54, 1.807) is 12.4 Å². The van der Waals surface area contributed by atoms with Crippen LogP contribution in [0.3, 0.4) is 0 Å². The molecule has 3 heterocycles. The molecule has 96 valence electrons. The number of nitrogen functional groups attached to an aromatic ring is 1. The zero-order chi connectivity index (χ0) is 13.1. The van der Waals surface area contributed by atoms with Gasteiger partial charge in [0, 0.05) is 24.3 Å². The molecule has 7 nitrogen and oxygen atoms in total. The van der Waals surface area contributed by atoms with E-state index in [0.717, 1.165) is 10.7 Å². The van der Waals surface area contributed by atoms with Crippen molar-refractivity contribution in [1.82, 2.24) is 20.3 Å². The normalized spacial score (nSPS) is 10.5. The summed E-state index contributed by atoms with van der Waals surface area (Å²) in [6.07, 6.45) is 3.55. The van der Waals surface area contributed by atoms with Crippen molar-refractivity contribution >= 4 is 22.3 Å². The molecule has 0 radical (unpaired) electrons. The zero-order valence-corrected chi connectivity index (χ0v) is 10.6. The minimum atomic E-state index is 0.240. The second-order valence-electron chi connectivity index (χ2n) is 3.75. The number of thiazole rings is 1. The topological polar surface area (TPSA) is 103 Å². The van der Waals surface area contributed by atoms with E-state index in [0.29, 0.717) is 17.9 Å². The Balaban J connectivity index is 1.71. The number of nitrogens with zero attached hydrogens (tertiary/aromatic N) is 4. The molecule has 19 heavy (non-hydrogen) atoms. The molecule has 3 aromatic rings. The molecule has 0 atom stereocenters. The molecule has 0 spiro atoms. The molecule has 0 saturated carbocycles. The first-order valence-corrected chi connectivity index (χ1v) is 6.37. The number of rotatable bonds is 4. The third kappa shape index (κ3) is 2.52. The number of nitrogens with two attached hydrogens (primary N) is 1. The minimum absolute atomic E-state index is 0.240. The smallest absolute Gasteiger partial charge is 0.198 e. The van der Waals surface area contributed by atoms with Crippen LogP contribution in [-0.4, -0.2) is 20.3 Å². The molecular formula is C11H10N6OS. The van der Waals surface area contributed by atoms with E-state index in [1.807, 2.05) is 17.5 Å². The molecule has 0 aromatic carbocycles. The van der Waals surface area contributed by atoms with Gasteiger partial charge in [0.05, 0.1) is 0 Å². The van der Waals surface area contributed by atoms with Crippen molar-refractivity contribution in [3.05, 3.63) is 35.5 Å². The average molecular weight is 274 g/mol. The van der Waals surface area contributed by atoms with Crippen molar-refractivity contribution in [3.63, 3.8) is 0 Å². The number of nitrogens with one attached hydrogen (secondary N) is 1. The summed E-state index contributed by atoms with van der Waals surface area (Å²) in [7, 11) is 0. The van der Waals surface area contributed by atoms with E-state index in [1.165, 1.54) is 11.3 Å². The molecule has 8 heteroatoms. The van der Waals surface area contributed by atoms with Gasteiger partial charge in [0.15, 0.2) is 16.6 Å². The van der Waals surface area contributed by atoms with Gasteiger partial charge in [0.2, 0.25) is 0 Å². The molecule has 0 aliphatic carbocycles. The third-order valence-corrected chi connectivity index (χ3v) is 3.23. The standard InChI is InChI=1S/C11H10N6OS/c12-10-9(16-18-17-10)8-6-19-11(15-8)14-5-7-2-1-3-13-4-7/h1-4,6H,5H2,(H2,12,17)(H,14,15). The summed E-state index contributed by atoms with van der Waals surface area (Å²) < 4.78 is 4.55. The summed E-state index contributed by atoms with van der Waals surface area (Å²) in [5.74, 6) is 0.240. The van der Waals surface area contributed by atoms with E-state index in [9.17, 15) is 0 Å². The van der Waals surface area contributed by atoms with Gasteiger partial charge in [-0.15, -0.1) is 11.3 Å². The van der Waals surface area contributed by atoms with Gasteiger partial charge in [-0.1, -0.05) is 6.07 Å². The van der Waals surface area contributed by atoms with Crippen LogP contribution in [0, 0.1) is 0 Å². The lowest BCUT2D eigenvalue weighted by molar-refractivity contribution is 0.310. The largest absolute Gasteiger partial charge is 0.379 e. The lowest BCUT2D eigenvalue weighted by atomic mass is 10.3. The highest BCUT2D eigenvalue weighted by Gasteiger charge is 2.12. The van der Waals surface area contributed by atoms with Crippen LogP contribution in [0.5, 0.6) is 0 Å². The van der Waals surface area contributed by atoms with Crippen LogP contribution in [0.25, 0.3) is 11.4 Å². The number of aromatic nitrogens is 4. The fourth-order valence-electron chi connectivity index (χ4n) is 1.52. The van der Waals surface area contributed by atoms with Gasteiger partial charge in [-0.3, -0.25) is 4.98 Å². The highest BCUT2D eigenvalue weighted by molar-refractivity contribution is 7.14. The first-order valence-electron chi connectivity index (χ1n) is 5.49. The Morgan fingerprint density at radius 3 is 3.05 bits per heavy atom. The number of pyridine rings is 1. The molecule has 0 aliphatic rings. The lowest BCUT2D eigenvalue weighted by Gasteiger charge is -2.01. The van der Waals surface area contributed by atoms with Gasteiger partial charge < -0.3 is 11.1 Å². The van der Waals surface area contributed by atoms with Gasteiger partial charge in [-0.05, 0) is 21.9 Å². The predicted octanol–water partition coefficient (Wildman–Crippen LogP) is 1.78. The quantitative estimate of drug-likeness (QED) is 0.747. The molecule has 0 amide bonds. The summed E-state index contributed by atoms with van der Waals surface area (Å²) in [6.45, 7) is 0.660. The van der Waals surface area contributed by atoms with Crippen molar-refractivity contribution in [2.45, 2.75) is 6.54 Å². The van der Waals surface area contributed by atoms with Crippen LogP contribution in [0.15, 0.2) is 34.5 Å². The maximum Gasteiger partial charge on any atom is 0.198 e. The monoisotopic (exact) mass is 274 g/mol. The Morgan fingerprint density at radius 2 is 2.32 bits per heavy atom. The molecule has 0 aliphatic heterocycles. The van der Waals surface area contributed by atoms with Gasteiger partial charge >= 0.3 is 0 Å². The number of hydrogen-bond donors (Lipinski definition) is 2. The molecule has 0 unspecified atom stereocenters. The third-order valence-electron chi connectivity index (χ3n) is 2.43. The van der Waals surface area contributed by atoms with Crippen molar-refractivity contribution in [2.24, 2.45) is 0 Å². The zero-order valence-electron chi connectivity index (χ0n) is 9.78. The van der Waals surface area contributed by atoms with Crippen LogP contribution in [0.4, 0.5) is 10.9 Å². The summed E-state index contributed by atoms with van der Waals surface area (Å²) in [6, 6.07) is 3.89. The van der Waals surface area contributed by atoms with E-state index < -0.39 is 0 Å². The molecule has 0 fully saturated rings. The van der Waals surface area contributed by atoms with E-state index in [2.05, 4.69) is 30.2 Å². The lowest BCUT2D eigenvalue weighted by Crippen LogP contribution is -1.99. The molecule has 3 aromatic heterocycles. The molecule has 0 bridgehead atoms. The number of anilines is 2. The second kappa shape index (κ2) is 5.02. The summed E-state index contributed by atoms with van der Waals surface area (Å²) in [4.78, 5) is 8.42. The first kappa shape index (κ1) is 11.6. The van der Waals surface area contributed by atoms with Crippen molar-refractivity contribution in [1.29, 1.82) is 0 Å². The highest BCUT2D eigenvalue weighted by atomic mass is 32.1. The van der Waals surface area contributed by atoms with Gasteiger partial charge in [-0.2, -0.15) is 0 Å². The van der Waals surface area contributed by atoms with Crippen LogP contribution >= 0.6 is 11.3 Å². The Labute approximate surface area is 112 Å². The Kier molecular flexibility index (Phi) is 3.07. The average Bonchev–Trinajstić information content (AvgIpc) is 3.06. The number of hydrogen-bond acceptors (Lipinski definition) is 8. The van der Waals surface area contributed by atoms with Gasteiger partial charge in [-0.25, -0.2) is 9.61 Å². The Bertz CT molecular complexity index is 665. The van der Waals surface area contributed by atoms with Crippen molar-refractivity contribution in [3.8, 4) is 11.4 Å². The van der Waals surface area contributed by atoms with Crippen LogP contribution < -0.4 is 11.1 Å². The Hall–Kier alpha value is -2.48. The van der Waals surface area contributed by atoms with E-state index >= 15 is 0 Å². The minimum Gasteiger partial charge on any atom is -0.379 e. The fraction of sp³-hybridized carbons (Fsp3) is 0.0909.